The molecule has 2 heterocycles. The van der Waals surface area contributed by atoms with Gasteiger partial charge in [-0.3, -0.25) is 19.3 Å². The fourth-order valence-electron chi connectivity index (χ4n) is 4.53. The molecule has 1 aliphatic carbocycles. The predicted molar refractivity (Wildman–Crippen MR) is 120 cm³/mol. The Bertz CT molecular complexity index is 1060. The summed E-state index contributed by atoms with van der Waals surface area (Å²) in [7, 11) is 0. The molecule has 9 nitrogen and oxygen atoms in total. The Morgan fingerprint density at radius 2 is 1.88 bits per heavy atom. The number of nitrogens with zero attached hydrogens (tertiary/aromatic N) is 1. The van der Waals surface area contributed by atoms with Crippen LogP contribution in [0.3, 0.4) is 0 Å². The highest BCUT2D eigenvalue weighted by molar-refractivity contribution is 6.15. The van der Waals surface area contributed by atoms with Crippen LogP contribution in [0, 0.1) is 5.92 Å². The number of esters is 1. The van der Waals surface area contributed by atoms with Crippen LogP contribution in [0.25, 0.3) is 0 Å². The van der Waals surface area contributed by atoms with Gasteiger partial charge in [0.15, 0.2) is 12.4 Å². The first kappa shape index (κ1) is 22.6. The van der Waals surface area contributed by atoms with E-state index in [9.17, 15) is 19.2 Å². The minimum absolute atomic E-state index is 0.0728. The van der Waals surface area contributed by atoms with Gasteiger partial charge < -0.3 is 19.8 Å². The van der Waals surface area contributed by atoms with E-state index in [1.165, 1.54) is 17.2 Å². The molecule has 4 rings (SSSR count). The van der Waals surface area contributed by atoms with Crippen molar-refractivity contribution in [1.82, 2.24) is 5.32 Å². The van der Waals surface area contributed by atoms with Gasteiger partial charge in [0.2, 0.25) is 0 Å². The van der Waals surface area contributed by atoms with E-state index in [4.69, 9.17) is 9.15 Å². The average molecular weight is 453 g/mol. The molecule has 0 unspecified atom stereocenters. The SMILES string of the molecule is CC(C)[C@H](NC(=O)c1ccco1)C(=O)OCC(=O)N1c2ccccc2NC(=O)C12CCCC2. The summed E-state index contributed by atoms with van der Waals surface area (Å²) in [5.41, 5.74) is 0.153. The number of hydrogen-bond donors (Lipinski definition) is 2. The van der Waals surface area contributed by atoms with Crippen LogP contribution in [0.4, 0.5) is 11.4 Å². The second-order valence-corrected chi connectivity index (χ2v) is 8.72. The molecule has 0 radical (unpaired) electrons. The topological polar surface area (TPSA) is 118 Å². The lowest BCUT2D eigenvalue weighted by molar-refractivity contribution is -0.151. The van der Waals surface area contributed by atoms with Gasteiger partial charge in [0.05, 0.1) is 17.6 Å². The van der Waals surface area contributed by atoms with Gasteiger partial charge in [-0.05, 0) is 43.0 Å². The first-order valence-electron chi connectivity index (χ1n) is 11.1. The molecule has 0 bridgehead atoms. The molecule has 3 amide bonds. The largest absolute Gasteiger partial charge is 0.459 e. The number of hydrogen-bond acceptors (Lipinski definition) is 6. The number of nitrogens with one attached hydrogen (secondary N) is 2. The van der Waals surface area contributed by atoms with Crippen LogP contribution in [0.1, 0.15) is 50.1 Å². The molecular formula is C24H27N3O6. The Balaban J connectivity index is 1.50. The van der Waals surface area contributed by atoms with E-state index in [1.807, 2.05) is 0 Å². The summed E-state index contributed by atoms with van der Waals surface area (Å²) in [5, 5.41) is 5.51. The molecule has 1 atom stereocenters. The summed E-state index contributed by atoms with van der Waals surface area (Å²) in [6.45, 7) is 2.98. The van der Waals surface area contributed by atoms with Gasteiger partial charge in [-0.15, -0.1) is 0 Å². The first-order valence-corrected chi connectivity index (χ1v) is 11.1. The Kier molecular flexibility index (Phi) is 6.22. The Hall–Kier alpha value is -3.62. The van der Waals surface area contributed by atoms with Crippen LogP contribution in [0.2, 0.25) is 0 Å². The van der Waals surface area contributed by atoms with Gasteiger partial charge in [-0.25, -0.2) is 4.79 Å². The number of furan rings is 1. The summed E-state index contributed by atoms with van der Waals surface area (Å²) < 4.78 is 10.4. The summed E-state index contributed by atoms with van der Waals surface area (Å²) >= 11 is 0. The van der Waals surface area contributed by atoms with E-state index in [0.717, 1.165) is 12.8 Å². The number of benzene rings is 1. The second kappa shape index (κ2) is 9.09. The maximum Gasteiger partial charge on any atom is 0.329 e. The lowest BCUT2D eigenvalue weighted by Gasteiger charge is -2.44. The lowest BCUT2D eigenvalue weighted by atomic mass is 9.90. The number of fused-ring (bicyclic) bond motifs is 1. The van der Waals surface area contributed by atoms with Gasteiger partial charge in [0.25, 0.3) is 17.7 Å². The zero-order valence-corrected chi connectivity index (χ0v) is 18.6. The molecule has 1 spiro atoms. The van der Waals surface area contributed by atoms with Crippen molar-refractivity contribution in [1.29, 1.82) is 0 Å². The Morgan fingerprint density at radius 3 is 2.55 bits per heavy atom. The summed E-state index contributed by atoms with van der Waals surface area (Å²) in [6.07, 6.45) is 4.10. The fraction of sp³-hybridized carbons (Fsp3) is 0.417. The number of rotatable bonds is 6. The van der Waals surface area contributed by atoms with Crippen molar-refractivity contribution in [2.24, 2.45) is 5.92 Å². The number of carbonyl (C=O) groups excluding carboxylic acids is 4. The van der Waals surface area contributed by atoms with Crippen molar-refractivity contribution >= 4 is 35.1 Å². The minimum Gasteiger partial charge on any atom is -0.459 e. The molecule has 1 aromatic carbocycles. The maximum absolute atomic E-state index is 13.3. The van der Waals surface area contributed by atoms with Crippen molar-refractivity contribution in [2.45, 2.75) is 51.1 Å². The average Bonchev–Trinajstić information content (AvgIpc) is 3.49. The molecule has 174 valence electrons. The highest BCUT2D eigenvalue weighted by Crippen LogP contribution is 2.45. The molecule has 1 saturated carbocycles. The first-order chi connectivity index (χ1) is 15.8. The number of carbonyl (C=O) groups is 4. The van der Waals surface area contributed by atoms with E-state index in [2.05, 4.69) is 10.6 Å². The smallest absolute Gasteiger partial charge is 0.329 e. The van der Waals surface area contributed by atoms with Crippen LogP contribution in [0.5, 0.6) is 0 Å². The molecule has 1 aromatic heterocycles. The monoisotopic (exact) mass is 453 g/mol. The fourth-order valence-corrected chi connectivity index (χ4v) is 4.53. The van der Waals surface area contributed by atoms with Gasteiger partial charge >= 0.3 is 5.97 Å². The number of ether oxygens (including phenoxy) is 1. The van der Waals surface area contributed by atoms with E-state index in [0.29, 0.717) is 24.2 Å². The molecule has 9 heteroatoms. The highest BCUT2D eigenvalue weighted by atomic mass is 16.5. The van der Waals surface area contributed by atoms with Crippen LogP contribution in [-0.4, -0.2) is 41.9 Å². The van der Waals surface area contributed by atoms with Crippen LogP contribution < -0.4 is 15.5 Å². The minimum atomic E-state index is -0.983. The van der Waals surface area contributed by atoms with Crippen LogP contribution in [-0.2, 0) is 19.1 Å². The van der Waals surface area contributed by atoms with Crippen molar-refractivity contribution in [3.8, 4) is 0 Å². The molecule has 2 N–H and O–H groups in total. The molecule has 33 heavy (non-hydrogen) atoms. The zero-order valence-electron chi connectivity index (χ0n) is 18.6. The molecule has 1 fully saturated rings. The lowest BCUT2D eigenvalue weighted by Crippen LogP contribution is -2.61. The van der Waals surface area contributed by atoms with Crippen molar-refractivity contribution in [3.63, 3.8) is 0 Å². The standard InChI is InChI=1S/C24H27N3O6/c1-15(2)20(26-21(29)18-10-7-13-32-18)22(30)33-14-19(28)27-17-9-4-3-8-16(17)25-23(31)24(27)11-5-6-12-24/h3-4,7-10,13,15,20H,5-6,11-12,14H2,1-2H3,(H,25,31)(H,26,29)/t20-/m0/s1. The van der Waals surface area contributed by atoms with Crippen molar-refractivity contribution < 1.29 is 28.3 Å². The van der Waals surface area contributed by atoms with Gasteiger partial charge in [0, 0.05) is 0 Å². The quantitative estimate of drug-likeness (QED) is 0.650. The van der Waals surface area contributed by atoms with Crippen molar-refractivity contribution in [3.05, 3.63) is 48.4 Å². The third kappa shape index (κ3) is 4.22. The van der Waals surface area contributed by atoms with Crippen molar-refractivity contribution in [2.75, 3.05) is 16.8 Å². The molecule has 2 aromatic rings. The number of para-hydroxylation sites is 2. The summed E-state index contributed by atoms with van der Waals surface area (Å²) in [5.74, 6) is -2.18. The summed E-state index contributed by atoms with van der Waals surface area (Å²) in [6, 6.07) is 9.18. The van der Waals surface area contributed by atoms with E-state index in [-0.39, 0.29) is 17.6 Å². The zero-order chi connectivity index (χ0) is 23.6. The van der Waals surface area contributed by atoms with Gasteiger partial charge in [-0.2, -0.15) is 0 Å². The second-order valence-electron chi connectivity index (χ2n) is 8.72. The number of amides is 3. The van der Waals surface area contributed by atoms with Gasteiger partial charge in [0.1, 0.15) is 11.6 Å². The van der Waals surface area contributed by atoms with Crippen LogP contribution in [0.15, 0.2) is 47.1 Å². The third-order valence-electron chi connectivity index (χ3n) is 6.21. The number of anilines is 2. The van der Waals surface area contributed by atoms with E-state index >= 15 is 0 Å². The van der Waals surface area contributed by atoms with Gasteiger partial charge in [-0.1, -0.05) is 38.8 Å². The van der Waals surface area contributed by atoms with E-state index in [1.54, 1.807) is 44.2 Å². The third-order valence-corrected chi connectivity index (χ3v) is 6.21. The summed E-state index contributed by atoms with van der Waals surface area (Å²) in [4.78, 5) is 52.9. The highest BCUT2D eigenvalue weighted by Gasteiger charge is 2.52. The maximum atomic E-state index is 13.3. The molecule has 2 aliphatic rings. The Morgan fingerprint density at radius 1 is 1.15 bits per heavy atom. The molecule has 1 aliphatic heterocycles. The molecular weight excluding hydrogens is 426 g/mol. The predicted octanol–water partition coefficient (Wildman–Crippen LogP) is 2.88. The van der Waals surface area contributed by atoms with E-state index < -0.39 is 36.0 Å². The Labute approximate surface area is 191 Å². The van der Waals surface area contributed by atoms with Crippen LogP contribution >= 0.6 is 0 Å². The molecule has 0 saturated heterocycles. The normalized spacial score (nSPS) is 17.4.